The lowest BCUT2D eigenvalue weighted by Gasteiger charge is -2.36. The van der Waals surface area contributed by atoms with Crippen LogP contribution in [0.2, 0.25) is 0 Å². The first-order chi connectivity index (χ1) is 15.1. The Morgan fingerprint density at radius 2 is 1.69 bits per heavy atom. The van der Waals surface area contributed by atoms with Gasteiger partial charge in [0.25, 0.3) is 0 Å². The molecule has 4 rings (SSSR count). The summed E-state index contributed by atoms with van der Waals surface area (Å²) in [6.45, 7) is 0.0599. The number of anilines is 1. The van der Waals surface area contributed by atoms with Gasteiger partial charge in [-0.05, 0) is 29.8 Å². The van der Waals surface area contributed by atoms with E-state index in [1.165, 1.54) is 4.90 Å². The molecule has 7 nitrogen and oxygen atoms in total. The topological polar surface area (TPSA) is 86.8 Å². The maximum Gasteiger partial charge on any atom is 0.416 e. The van der Waals surface area contributed by atoms with Gasteiger partial charge in [0.1, 0.15) is 0 Å². The molecule has 1 fully saturated rings. The normalized spacial score (nSPS) is 19.9. The van der Waals surface area contributed by atoms with Gasteiger partial charge in [-0.2, -0.15) is 17.5 Å². The number of nitrogens with one attached hydrogen (secondary N) is 1. The number of amides is 2. The van der Waals surface area contributed by atoms with Gasteiger partial charge in [-0.25, -0.2) is 8.42 Å². The quantitative estimate of drug-likeness (QED) is 0.752. The maximum absolute atomic E-state index is 13.1. The number of sulfonamides is 1. The molecule has 1 atom stereocenters. The summed E-state index contributed by atoms with van der Waals surface area (Å²) in [6, 6.07) is 10.6. The number of nitrogens with zero attached hydrogens (tertiary/aromatic N) is 2. The highest BCUT2D eigenvalue weighted by molar-refractivity contribution is 7.89. The minimum absolute atomic E-state index is 0.00139. The summed E-state index contributed by atoms with van der Waals surface area (Å²) in [5.74, 6) is -1.21. The number of hydrogen-bond acceptors (Lipinski definition) is 4. The third-order valence-electron chi connectivity index (χ3n) is 5.65. The zero-order valence-electron chi connectivity index (χ0n) is 16.8. The van der Waals surface area contributed by atoms with Crippen molar-refractivity contribution in [3.63, 3.8) is 0 Å². The Balaban J connectivity index is 1.48. The van der Waals surface area contributed by atoms with Crippen molar-refractivity contribution in [2.45, 2.75) is 23.4 Å². The molecule has 2 aliphatic rings. The number of carbonyl (C=O) groups excluding carboxylic acids is 2. The highest BCUT2D eigenvalue weighted by Gasteiger charge is 2.37. The predicted octanol–water partition coefficient (Wildman–Crippen LogP) is 2.66. The van der Waals surface area contributed by atoms with E-state index in [2.05, 4.69) is 5.32 Å². The van der Waals surface area contributed by atoms with Gasteiger partial charge in [-0.15, -0.1) is 0 Å². The van der Waals surface area contributed by atoms with E-state index in [1.54, 1.807) is 24.3 Å². The van der Waals surface area contributed by atoms with Gasteiger partial charge >= 0.3 is 6.18 Å². The zero-order valence-corrected chi connectivity index (χ0v) is 17.6. The molecule has 170 valence electrons. The van der Waals surface area contributed by atoms with Gasteiger partial charge in [-0.3, -0.25) is 9.59 Å². The van der Waals surface area contributed by atoms with Crippen LogP contribution in [0, 0.1) is 0 Å². The number of piperazine rings is 1. The van der Waals surface area contributed by atoms with Crippen LogP contribution in [0.15, 0.2) is 53.4 Å². The van der Waals surface area contributed by atoms with Crippen LogP contribution in [0.5, 0.6) is 0 Å². The van der Waals surface area contributed by atoms with Crippen molar-refractivity contribution in [1.82, 2.24) is 9.21 Å². The second kappa shape index (κ2) is 8.21. The Kier molecular flexibility index (Phi) is 5.72. The standard InChI is InChI=1S/C21H20F3N3O4S/c22-21(23,24)14-4-3-5-15(12-14)32(30,31)27-10-8-26(9-11-27)20(29)17-13-19(28)25-18-7-2-1-6-16(17)18/h1-7,12,17H,8-11,13H2,(H,25,28)/t17-/m0/s1. The first-order valence-corrected chi connectivity index (χ1v) is 11.4. The van der Waals surface area contributed by atoms with Crippen molar-refractivity contribution < 1.29 is 31.2 Å². The SMILES string of the molecule is O=C1C[C@H](C(=O)N2CCN(S(=O)(=O)c3cccc(C(F)(F)F)c3)CC2)c2ccccc2N1. The molecular formula is C21H20F3N3O4S. The number of alkyl halides is 3. The van der Waals surface area contributed by atoms with E-state index in [1.807, 2.05) is 0 Å². The Morgan fingerprint density at radius 3 is 2.38 bits per heavy atom. The number of para-hydroxylation sites is 1. The smallest absolute Gasteiger partial charge is 0.340 e. The monoisotopic (exact) mass is 467 g/mol. The molecule has 1 N–H and O–H groups in total. The Morgan fingerprint density at radius 1 is 1.00 bits per heavy atom. The van der Waals surface area contributed by atoms with Gasteiger partial charge in [0.05, 0.1) is 16.4 Å². The maximum atomic E-state index is 13.1. The molecule has 2 aromatic rings. The van der Waals surface area contributed by atoms with Crippen molar-refractivity contribution in [1.29, 1.82) is 0 Å². The molecule has 2 aromatic carbocycles. The van der Waals surface area contributed by atoms with Crippen molar-refractivity contribution in [2.24, 2.45) is 0 Å². The molecule has 32 heavy (non-hydrogen) atoms. The van der Waals surface area contributed by atoms with E-state index in [0.29, 0.717) is 17.3 Å². The minimum atomic E-state index is -4.65. The fraction of sp³-hybridized carbons (Fsp3) is 0.333. The summed E-state index contributed by atoms with van der Waals surface area (Å²) in [5, 5.41) is 2.73. The second-order valence-electron chi connectivity index (χ2n) is 7.65. The van der Waals surface area contributed by atoms with E-state index < -0.39 is 32.6 Å². The number of benzene rings is 2. The summed E-state index contributed by atoms with van der Waals surface area (Å²) in [5.41, 5.74) is 0.241. The van der Waals surface area contributed by atoms with Crippen LogP contribution in [0.25, 0.3) is 0 Å². The molecule has 0 aromatic heterocycles. The molecule has 1 saturated heterocycles. The van der Waals surface area contributed by atoms with Crippen molar-refractivity contribution >= 4 is 27.5 Å². The molecule has 2 aliphatic heterocycles. The Bertz CT molecular complexity index is 1160. The Hall–Kier alpha value is -2.92. The fourth-order valence-corrected chi connectivity index (χ4v) is 5.45. The van der Waals surface area contributed by atoms with Gasteiger partial charge in [0.15, 0.2) is 0 Å². The number of rotatable bonds is 3. The summed E-state index contributed by atoms with van der Waals surface area (Å²) in [7, 11) is -4.14. The van der Waals surface area contributed by atoms with E-state index >= 15 is 0 Å². The Labute approximate surface area is 182 Å². The minimum Gasteiger partial charge on any atom is -0.340 e. The van der Waals surface area contributed by atoms with Crippen LogP contribution in [0.4, 0.5) is 18.9 Å². The molecule has 0 aliphatic carbocycles. The van der Waals surface area contributed by atoms with E-state index in [0.717, 1.165) is 22.5 Å². The van der Waals surface area contributed by atoms with Crippen LogP contribution in [0.1, 0.15) is 23.5 Å². The molecule has 0 radical (unpaired) electrons. The van der Waals surface area contributed by atoms with Gasteiger partial charge < -0.3 is 10.2 Å². The van der Waals surface area contributed by atoms with Gasteiger partial charge in [-0.1, -0.05) is 24.3 Å². The number of fused-ring (bicyclic) bond motifs is 1. The van der Waals surface area contributed by atoms with Crippen LogP contribution in [-0.2, 0) is 25.8 Å². The first-order valence-electron chi connectivity index (χ1n) is 9.92. The number of carbonyl (C=O) groups is 2. The van der Waals surface area contributed by atoms with E-state index in [4.69, 9.17) is 0 Å². The summed E-state index contributed by atoms with van der Waals surface area (Å²) in [6.07, 6.45) is -4.65. The molecular weight excluding hydrogens is 447 g/mol. The molecule has 11 heteroatoms. The van der Waals surface area contributed by atoms with Crippen molar-refractivity contribution in [2.75, 3.05) is 31.5 Å². The van der Waals surface area contributed by atoms with Gasteiger partial charge in [0, 0.05) is 38.3 Å². The molecule has 0 saturated carbocycles. The third kappa shape index (κ3) is 4.22. The largest absolute Gasteiger partial charge is 0.416 e. The molecule has 0 bridgehead atoms. The van der Waals surface area contributed by atoms with Crippen LogP contribution in [-0.4, -0.2) is 55.6 Å². The highest BCUT2D eigenvalue weighted by atomic mass is 32.2. The van der Waals surface area contributed by atoms with Crippen molar-refractivity contribution in [3.05, 3.63) is 59.7 Å². The van der Waals surface area contributed by atoms with Crippen molar-refractivity contribution in [3.8, 4) is 0 Å². The van der Waals surface area contributed by atoms with Crippen LogP contribution >= 0.6 is 0 Å². The summed E-state index contributed by atoms with van der Waals surface area (Å²) < 4.78 is 65.7. The van der Waals surface area contributed by atoms with Gasteiger partial charge in [0.2, 0.25) is 21.8 Å². The second-order valence-corrected chi connectivity index (χ2v) is 9.59. The molecule has 2 amide bonds. The lowest BCUT2D eigenvalue weighted by Crippen LogP contribution is -2.52. The number of halogens is 3. The molecule has 2 heterocycles. The number of hydrogen-bond donors (Lipinski definition) is 1. The zero-order chi connectivity index (χ0) is 23.1. The average molecular weight is 467 g/mol. The molecule has 0 spiro atoms. The third-order valence-corrected chi connectivity index (χ3v) is 7.54. The molecule has 0 unspecified atom stereocenters. The lowest BCUT2D eigenvalue weighted by molar-refractivity contribution is -0.138. The van der Waals surface area contributed by atoms with E-state index in [-0.39, 0.29) is 44.4 Å². The lowest BCUT2D eigenvalue weighted by atomic mass is 9.89. The summed E-state index contributed by atoms with van der Waals surface area (Å²) >= 11 is 0. The summed E-state index contributed by atoms with van der Waals surface area (Å²) in [4.78, 5) is 26.2. The van der Waals surface area contributed by atoms with Crippen LogP contribution < -0.4 is 5.32 Å². The predicted molar refractivity (Wildman–Crippen MR) is 109 cm³/mol. The first kappa shape index (κ1) is 22.3. The highest BCUT2D eigenvalue weighted by Crippen LogP contribution is 2.34. The van der Waals surface area contributed by atoms with E-state index in [9.17, 15) is 31.2 Å². The fourth-order valence-electron chi connectivity index (χ4n) is 3.98. The average Bonchev–Trinajstić information content (AvgIpc) is 2.77. The van der Waals surface area contributed by atoms with Crippen LogP contribution in [0.3, 0.4) is 0 Å².